The molecular weight excluding hydrogens is 380 g/mol. The van der Waals surface area contributed by atoms with Crippen molar-refractivity contribution >= 4 is 29.0 Å². The van der Waals surface area contributed by atoms with E-state index in [1.165, 1.54) is 16.8 Å². The van der Waals surface area contributed by atoms with Crippen molar-refractivity contribution in [2.24, 2.45) is 0 Å². The summed E-state index contributed by atoms with van der Waals surface area (Å²) < 4.78 is 24.7. The van der Waals surface area contributed by atoms with Crippen LogP contribution in [0.5, 0.6) is 0 Å². The van der Waals surface area contributed by atoms with Gasteiger partial charge in [-0.3, -0.25) is 9.69 Å². The minimum Gasteiger partial charge on any atom is -0.369 e. The van der Waals surface area contributed by atoms with Gasteiger partial charge in [0.05, 0.1) is 6.54 Å². The molecule has 0 bridgehead atoms. The van der Waals surface area contributed by atoms with Crippen LogP contribution in [0.25, 0.3) is 0 Å². The average molecular weight is 406 g/mol. The first-order chi connectivity index (χ1) is 13.4. The highest BCUT2D eigenvalue weighted by molar-refractivity contribution is 7.99. The van der Waals surface area contributed by atoms with E-state index in [1.54, 1.807) is 24.3 Å². The average Bonchev–Trinajstić information content (AvgIpc) is 2.66. The Balaban J connectivity index is 1.48. The monoisotopic (exact) mass is 405 g/mol. The van der Waals surface area contributed by atoms with Crippen LogP contribution >= 0.6 is 11.8 Å². The van der Waals surface area contributed by atoms with E-state index in [9.17, 15) is 13.6 Å². The number of benzene rings is 2. The van der Waals surface area contributed by atoms with Crippen LogP contribution in [0, 0.1) is 13.8 Å². The highest BCUT2D eigenvalue weighted by Crippen LogP contribution is 2.26. The van der Waals surface area contributed by atoms with E-state index < -0.39 is 5.76 Å². The summed E-state index contributed by atoms with van der Waals surface area (Å²) in [5.74, 6) is -2.53. The van der Waals surface area contributed by atoms with Gasteiger partial charge in [-0.05, 0) is 55.3 Å². The van der Waals surface area contributed by atoms with Crippen molar-refractivity contribution in [3.63, 3.8) is 0 Å². The standard InChI is InChI=1S/C21H25F2N3OS/c1-15-4-3-5-19(16(15)2)26-12-10-25(11-13-26)14-20(27)24-17-6-8-18(9-7-17)28-21(22)23/h3-9,21H,10-14H2,1-2H3,(H,24,27). The van der Waals surface area contributed by atoms with E-state index in [1.807, 2.05) is 0 Å². The number of piperazine rings is 1. The zero-order valence-electron chi connectivity index (χ0n) is 16.1. The van der Waals surface area contributed by atoms with Crippen molar-refractivity contribution in [2.45, 2.75) is 24.5 Å². The van der Waals surface area contributed by atoms with Gasteiger partial charge in [-0.15, -0.1) is 0 Å². The van der Waals surface area contributed by atoms with Crippen molar-refractivity contribution in [2.75, 3.05) is 42.9 Å². The Bertz CT molecular complexity index is 806. The third-order valence-corrected chi connectivity index (χ3v) is 5.74. The first kappa shape index (κ1) is 20.6. The number of amides is 1. The van der Waals surface area contributed by atoms with Gasteiger partial charge in [-0.2, -0.15) is 8.78 Å². The van der Waals surface area contributed by atoms with Gasteiger partial charge < -0.3 is 10.2 Å². The van der Waals surface area contributed by atoms with Gasteiger partial charge in [0.15, 0.2) is 0 Å². The van der Waals surface area contributed by atoms with Crippen LogP contribution in [-0.4, -0.2) is 49.3 Å². The van der Waals surface area contributed by atoms with Gasteiger partial charge in [0.25, 0.3) is 5.76 Å². The lowest BCUT2D eigenvalue weighted by Gasteiger charge is -2.36. The van der Waals surface area contributed by atoms with Crippen LogP contribution < -0.4 is 10.2 Å². The third kappa shape index (κ3) is 5.45. The quantitative estimate of drug-likeness (QED) is 0.724. The summed E-state index contributed by atoms with van der Waals surface area (Å²) in [5.41, 5.74) is 4.49. The highest BCUT2D eigenvalue weighted by Gasteiger charge is 2.20. The Hall–Kier alpha value is -2.12. The Labute approximate surface area is 168 Å². The Morgan fingerprint density at radius 1 is 1.07 bits per heavy atom. The summed E-state index contributed by atoms with van der Waals surface area (Å²) in [6.07, 6.45) is 0. The minimum atomic E-state index is -2.44. The minimum absolute atomic E-state index is 0.0885. The van der Waals surface area contributed by atoms with Crippen molar-refractivity contribution in [1.82, 2.24) is 4.90 Å². The van der Waals surface area contributed by atoms with E-state index in [0.717, 1.165) is 26.2 Å². The number of carbonyl (C=O) groups is 1. The molecule has 0 unspecified atom stereocenters. The lowest BCUT2D eigenvalue weighted by Crippen LogP contribution is -2.48. The number of nitrogens with one attached hydrogen (secondary N) is 1. The van der Waals surface area contributed by atoms with Crippen LogP contribution in [0.3, 0.4) is 0 Å². The van der Waals surface area contributed by atoms with Crippen molar-refractivity contribution in [3.8, 4) is 0 Å². The summed E-state index contributed by atoms with van der Waals surface area (Å²) in [6, 6.07) is 12.9. The predicted octanol–water partition coefficient (Wildman–Crippen LogP) is 4.38. The summed E-state index contributed by atoms with van der Waals surface area (Å²) >= 11 is 0.496. The third-order valence-electron chi connectivity index (χ3n) is 5.02. The summed E-state index contributed by atoms with van der Waals surface area (Å²) in [6.45, 7) is 8.02. The van der Waals surface area contributed by atoms with Crippen LogP contribution in [-0.2, 0) is 4.79 Å². The molecule has 2 aromatic carbocycles. The molecular formula is C21H25F2N3OS. The molecule has 7 heteroatoms. The molecule has 1 aliphatic rings. The fraction of sp³-hybridized carbons (Fsp3) is 0.381. The molecule has 0 aliphatic carbocycles. The number of aryl methyl sites for hydroxylation is 1. The van der Waals surface area contributed by atoms with E-state index in [-0.39, 0.29) is 5.91 Å². The Morgan fingerprint density at radius 3 is 2.39 bits per heavy atom. The molecule has 28 heavy (non-hydrogen) atoms. The van der Waals surface area contributed by atoms with Gasteiger partial charge >= 0.3 is 0 Å². The van der Waals surface area contributed by atoms with Gasteiger partial charge in [0.2, 0.25) is 5.91 Å². The van der Waals surface area contributed by atoms with Crippen molar-refractivity contribution in [3.05, 3.63) is 53.6 Å². The molecule has 0 spiro atoms. The van der Waals surface area contributed by atoms with Crippen molar-refractivity contribution < 1.29 is 13.6 Å². The van der Waals surface area contributed by atoms with E-state index in [0.29, 0.717) is 28.9 Å². The second kappa shape index (κ2) is 9.39. The molecule has 4 nitrogen and oxygen atoms in total. The van der Waals surface area contributed by atoms with E-state index in [4.69, 9.17) is 0 Å². The molecule has 0 saturated carbocycles. The zero-order chi connectivity index (χ0) is 20.1. The number of carbonyl (C=O) groups excluding carboxylic acids is 1. The SMILES string of the molecule is Cc1cccc(N2CCN(CC(=O)Nc3ccc(SC(F)F)cc3)CC2)c1C. The fourth-order valence-electron chi connectivity index (χ4n) is 3.35. The Morgan fingerprint density at radius 2 is 1.75 bits per heavy atom. The maximum atomic E-state index is 12.4. The zero-order valence-corrected chi connectivity index (χ0v) is 16.9. The lowest BCUT2D eigenvalue weighted by molar-refractivity contribution is -0.117. The normalized spacial score (nSPS) is 15.1. The van der Waals surface area contributed by atoms with Crippen LogP contribution in [0.2, 0.25) is 0 Å². The number of nitrogens with zero attached hydrogens (tertiary/aromatic N) is 2. The van der Waals surface area contributed by atoms with Gasteiger partial charge in [-0.1, -0.05) is 23.9 Å². The molecule has 0 aromatic heterocycles. The molecule has 1 saturated heterocycles. The molecule has 2 aromatic rings. The Kier molecular flexibility index (Phi) is 6.91. The maximum absolute atomic E-state index is 12.4. The second-order valence-corrected chi connectivity index (χ2v) is 8.00. The lowest BCUT2D eigenvalue weighted by atomic mass is 10.1. The number of hydrogen-bond acceptors (Lipinski definition) is 4. The summed E-state index contributed by atoms with van der Waals surface area (Å²) in [5, 5.41) is 2.84. The molecule has 0 atom stereocenters. The first-order valence-corrected chi connectivity index (χ1v) is 10.2. The molecule has 1 N–H and O–H groups in total. The van der Waals surface area contributed by atoms with Crippen LogP contribution in [0.1, 0.15) is 11.1 Å². The van der Waals surface area contributed by atoms with Gasteiger partial charge in [0.1, 0.15) is 0 Å². The molecule has 150 valence electrons. The molecule has 3 rings (SSSR count). The van der Waals surface area contributed by atoms with Crippen LogP contribution in [0.15, 0.2) is 47.4 Å². The number of hydrogen-bond donors (Lipinski definition) is 1. The number of alkyl halides is 2. The van der Waals surface area contributed by atoms with Crippen LogP contribution in [0.4, 0.5) is 20.2 Å². The largest absolute Gasteiger partial charge is 0.369 e. The molecule has 1 fully saturated rings. The van der Waals surface area contributed by atoms with E-state index >= 15 is 0 Å². The number of rotatable bonds is 6. The van der Waals surface area contributed by atoms with Gasteiger partial charge in [-0.25, -0.2) is 0 Å². The topological polar surface area (TPSA) is 35.6 Å². The van der Waals surface area contributed by atoms with Crippen molar-refractivity contribution in [1.29, 1.82) is 0 Å². The number of halogens is 2. The summed E-state index contributed by atoms with van der Waals surface area (Å²) in [4.78, 5) is 17.3. The molecule has 1 amide bonds. The second-order valence-electron chi connectivity index (χ2n) is 6.93. The first-order valence-electron chi connectivity index (χ1n) is 9.30. The highest BCUT2D eigenvalue weighted by atomic mass is 32.2. The number of thioether (sulfide) groups is 1. The fourth-order valence-corrected chi connectivity index (χ4v) is 3.85. The van der Waals surface area contributed by atoms with E-state index in [2.05, 4.69) is 47.2 Å². The van der Waals surface area contributed by atoms with Gasteiger partial charge in [0, 0.05) is 42.4 Å². The predicted molar refractivity (Wildman–Crippen MR) is 112 cm³/mol. The molecule has 0 radical (unpaired) electrons. The number of anilines is 2. The molecule has 1 heterocycles. The molecule has 1 aliphatic heterocycles. The smallest absolute Gasteiger partial charge is 0.288 e. The maximum Gasteiger partial charge on any atom is 0.288 e. The summed E-state index contributed by atoms with van der Waals surface area (Å²) in [7, 11) is 0.